The molecule has 6 nitrogen and oxygen atoms in total. The Hall–Kier alpha value is -3.51. The number of carbonyl (C=O) groups is 1. The lowest BCUT2D eigenvalue weighted by Gasteiger charge is -2.19. The Bertz CT molecular complexity index is 1040. The van der Waals surface area contributed by atoms with Crippen molar-refractivity contribution in [3.63, 3.8) is 0 Å². The highest BCUT2D eigenvalue weighted by Crippen LogP contribution is 2.28. The van der Waals surface area contributed by atoms with E-state index < -0.39 is 11.7 Å². The van der Waals surface area contributed by atoms with Gasteiger partial charge in [0.05, 0.1) is 6.54 Å². The molecule has 180 valence electrons. The maximum absolute atomic E-state index is 11.8. The number of carbonyl (C=O) groups excluding carboxylic acids is 1. The normalized spacial score (nSPS) is 11.1. The van der Waals surface area contributed by atoms with Crippen LogP contribution in [0.3, 0.4) is 0 Å². The highest BCUT2D eigenvalue weighted by Gasteiger charge is 2.15. The van der Waals surface area contributed by atoms with Crippen molar-refractivity contribution in [1.29, 1.82) is 0 Å². The first-order valence-corrected chi connectivity index (χ1v) is 11.5. The molecule has 6 heteroatoms. The number of ether oxygens (including phenoxy) is 3. The third kappa shape index (κ3) is 8.45. The van der Waals surface area contributed by atoms with Crippen LogP contribution >= 0.6 is 0 Å². The first kappa shape index (κ1) is 25.1. The molecule has 0 fully saturated rings. The summed E-state index contributed by atoms with van der Waals surface area (Å²) in [5, 5.41) is 5.90. The molecule has 0 saturated heterocycles. The first-order chi connectivity index (χ1) is 16.3. The summed E-state index contributed by atoms with van der Waals surface area (Å²) in [6.45, 7) is 7.45. The topological polar surface area (TPSA) is 68.8 Å². The van der Waals surface area contributed by atoms with Crippen LogP contribution in [-0.2, 0) is 17.9 Å². The molecule has 3 aromatic rings. The number of hydrogen-bond donors (Lipinski definition) is 2. The Balaban J connectivity index is 1.61. The zero-order chi connectivity index (χ0) is 24.4. The largest absolute Gasteiger partial charge is 0.492 e. The lowest BCUT2D eigenvalue weighted by atomic mass is 10.0. The first-order valence-electron chi connectivity index (χ1n) is 11.5. The van der Waals surface area contributed by atoms with Crippen LogP contribution in [0.4, 0.5) is 4.79 Å². The fourth-order valence-corrected chi connectivity index (χ4v) is 3.34. The van der Waals surface area contributed by atoms with E-state index in [-0.39, 0.29) is 0 Å². The van der Waals surface area contributed by atoms with E-state index in [1.165, 1.54) is 0 Å². The molecular formula is C28H34N2O4. The van der Waals surface area contributed by atoms with E-state index in [4.69, 9.17) is 14.2 Å². The Labute approximate surface area is 202 Å². The summed E-state index contributed by atoms with van der Waals surface area (Å²) in [5.74, 6) is 1.57. The summed E-state index contributed by atoms with van der Waals surface area (Å²) in [5.41, 5.74) is 3.84. The fraction of sp³-hybridized carbons (Fsp3) is 0.321. The van der Waals surface area contributed by atoms with E-state index in [1.807, 2.05) is 94.5 Å². The molecule has 0 aliphatic carbocycles. The molecule has 0 spiro atoms. The molecule has 0 bridgehead atoms. The van der Waals surface area contributed by atoms with Crippen LogP contribution in [0, 0.1) is 0 Å². The Kier molecular flexibility index (Phi) is 8.93. The number of hydrogen-bond acceptors (Lipinski definition) is 5. The highest BCUT2D eigenvalue weighted by molar-refractivity contribution is 5.68. The Morgan fingerprint density at radius 3 is 2.24 bits per heavy atom. The minimum absolute atomic E-state index is 0.341. The summed E-state index contributed by atoms with van der Waals surface area (Å²) in [6.07, 6.45) is -0.449. The van der Waals surface area contributed by atoms with Crippen LogP contribution in [0.25, 0.3) is 11.1 Å². The van der Waals surface area contributed by atoms with E-state index in [0.29, 0.717) is 19.8 Å². The van der Waals surface area contributed by atoms with Crippen molar-refractivity contribution in [2.75, 3.05) is 20.2 Å². The van der Waals surface area contributed by atoms with Gasteiger partial charge in [-0.1, -0.05) is 42.5 Å². The van der Waals surface area contributed by atoms with Gasteiger partial charge in [-0.25, -0.2) is 4.79 Å². The van der Waals surface area contributed by atoms with Crippen molar-refractivity contribution in [3.05, 3.63) is 83.9 Å². The second kappa shape index (κ2) is 12.1. The maximum Gasteiger partial charge on any atom is 0.407 e. The van der Waals surface area contributed by atoms with Crippen LogP contribution in [-0.4, -0.2) is 31.9 Å². The van der Waals surface area contributed by atoms with Crippen molar-refractivity contribution in [3.8, 4) is 22.6 Å². The second-order valence-corrected chi connectivity index (χ2v) is 8.97. The van der Waals surface area contributed by atoms with Crippen LogP contribution in [0.15, 0.2) is 72.8 Å². The molecule has 0 heterocycles. The van der Waals surface area contributed by atoms with E-state index in [2.05, 4.69) is 16.7 Å². The van der Waals surface area contributed by atoms with E-state index in [0.717, 1.165) is 40.3 Å². The molecule has 0 aromatic heterocycles. The summed E-state index contributed by atoms with van der Waals surface area (Å²) < 4.78 is 17.1. The molecule has 0 aliphatic rings. The van der Waals surface area contributed by atoms with Crippen molar-refractivity contribution in [2.24, 2.45) is 0 Å². The zero-order valence-electron chi connectivity index (χ0n) is 20.4. The average Bonchev–Trinajstić information content (AvgIpc) is 2.80. The van der Waals surface area contributed by atoms with Gasteiger partial charge < -0.3 is 24.8 Å². The molecule has 2 N–H and O–H groups in total. The van der Waals surface area contributed by atoms with Gasteiger partial charge in [0.25, 0.3) is 0 Å². The predicted octanol–water partition coefficient (Wildman–Crippen LogP) is 5.56. The van der Waals surface area contributed by atoms with Crippen molar-refractivity contribution < 1.29 is 19.0 Å². The number of rotatable bonds is 10. The Morgan fingerprint density at radius 1 is 0.824 bits per heavy atom. The van der Waals surface area contributed by atoms with Crippen LogP contribution < -0.4 is 20.1 Å². The van der Waals surface area contributed by atoms with Gasteiger partial charge in [0, 0.05) is 6.54 Å². The summed E-state index contributed by atoms with van der Waals surface area (Å²) in [7, 11) is 1.91. The molecule has 1 amide bonds. The maximum atomic E-state index is 11.8. The Morgan fingerprint density at radius 2 is 1.56 bits per heavy atom. The van der Waals surface area contributed by atoms with Gasteiger partial charge in [0.15, 0.2) is 0 Å². The minimum atomic E-state index is -0.524. The molecule has 0 aliphatic heterocycles. The molecule has 0 radical (unpaired) electrons. The monoisotopic (exact) mass is 462 g/mol. The molecule has 3 aromatic carbocycles. The fourth-order valence-electron chi connectivity index (χ4n) is 3.34. The third-order valence-electron chi connectivity index (χ3n) is 4.82. The molecule has 0 saturated carbocycles. The number of nitrogens with one attached hydrogen (secondary N) is 2. The lowest BCUT2D eigenvalue weighted by Crippen LogP contribution is -2.34. The van der Waals surface area contributed by atoms with Crippen LogP contribution in [0.1, 0.15) is 31.9 Å². The van der Waals surface area contributed by atoms with Gasteiger partial charge in [0.1, 0.15) is 30.3 Å². The van der Waals surface area contributed by atoms with Gasteiger partial charge in [-0.15, -0.1) is 0 Å². The van der Waals surface area contributed by atoms with E-state index >= 15 is 0 Å². The van der Waals surface area contributed by atoms with Crippen molar-refractivity contribution in [2.45, 2.75) is 39.5 Å². The number of benzene rings is 3. The van der Waals surface area contributed by atoms with Gasteiger partial charge in [-0.3, -0.25) is 0 Å². The molecule has 0 unspecified atom stereocenters. The SMILES string of the molecule is CNCc1cc(OCCNC(=O)OC(C)(C)C)cc(-c2ccc(OCc3ccccc3)cc2)c1. The average molecular weight is 463 g/mol. The summed E-state index contributed by atoms with van der Waals surface area (Å²) in [6, 6.07) is 24.3. The zero-order valence-corrected chi connectivity index (χ0v) is 20.4. The van der Waals surface area contributed by atoms with E-state index in [1.54, 1.807) is 0 Å². The van der Waals surface area contributed by atoms with Gasteiger partial charge in [-0.2, -0.15) is 0 Å². The predicted molar refractivity (Wildman–Crippen MR) is 135 cm³/mol. The van der Waals surface area contributed by atoms with Gasteiger partial charge in [0.2, 0.25) is 0 Å². The van der Waals surface area contributed by atoms with Gasteiger partial charge in [-0.05, 0) is 80.4 Å². The highest BCUT2D eigenvalue weighted by atomic mass is 16.6. The molecule has 3 rings (SSSR count). The minimum Gasteiger partial charge on any atom is -0.492 e. The second-order valence-electron chi connectivity index (χ2n) is 8.97. The quantitative estimate of drug-likeness (QED) is 0.386. The third-order valence-corrected chi connectivity index (χ3v) is 4.82. The number of alkyl carbamates (subject to hydrolysis) is 1. The summed E-state index contributed by atoms with van der Waals surface area (Å²) in [4.78, 5) is 11.8. The molecule has 0 atom stereocenters. The van der Waals surface area contributed by atoms with Crippen LogP contribution in [0.5, 0.6) is 11.5 Å². The molecular weight excluding hydrogens is 428 g/mol. The van der Waals surface area contributed by atoms with Crippen LogP contribution in [0.2, 0.25) is 0 Å². The van der Waals surface area contributed by atoms with Crippen molar-refractivity contribution >= 4 is 6.09 Å². The smallest absolute Gasteiger partial charge is 0.407 e. The molecule has 34 heavy (non-hydrogen) atoms. The van der Waals surface area contributed by atoms with Gasteiger partial charge >= 0.3 is 6.09 Å². The van der Waals surface area contributed by atoms with Crippen molar-refractivity contribution in [1.82, 2.24) is 10.6 Å². The summed E-state index contributed by atoms with van der Waals surface area (Å²) >= 11 is 0. The lowest BCUT2D eigenvalue weighted by molar-refractivity contribution is 0.0520. The van der Waals surface area contributed by atoms with E-state index in [9.17, 15) is 4.79 Å². The standard InChI is InChI=1S/C28H34N2O4/c1-28(2,3)34-27(31)30-14-15-32-26-17-22(19-29-4)16-24(18-26)23-10-12-25(13-11-23)33-20-21-8-6-5-7-9-21/h5-13,16-18,29H,14-15,19-20H2,1-4H3,(H,30,31). The number of amides is 1.